The molecule has 0 saturated carbocycles. The third-order valence-electron chi connectivity index (χ3n) is 4.06. The van der Waals surface area contributed by atoms with Gasteiger partial charge >= 0.3 is 0 Å². The first-order valence-corrected chi connectivity index (χ1v) is 10.4. The lowest BCUT2D eigenvalue weighted by molar-refractivity contribution is -0.113. The number of imide groups is 1. The van der Waals surface area contributed by atoms with Gasteiger partial charge in [-0.2, -0.15) is 0 Å². The number of amides is 2. The number of benzene rings is 2. The SMILES string of the molecule is O=C1S/C(=C/c2ccc(-c3ccc(Cl)c(Cl)c3)o2)C(=O)N1c1ccc(Cl)c(Cl)c1. The average Bonchev–Trinajstić information content (AvgIpc) is 3.25. The van der Waals surface area contributed by atoms with Crippen LogP contribution in [-0.4, -0.2) is 11.1 Å². The lowest BCUT2D eigenvalue weighted by Gasteiger charge is -2.12. The fourth-order valence-electron chi connectivity index (χ4n) is 2.68. The standard InChI is InChI=1S/C20H9Cl4NO3S/c21-13-4-1-10(7-15(13)23)17-6-3-12(28-17)9-18-19(26)25(20(27)29-18)11-2-5-14(22)16(24)8-11/h1-9H/b18-9+. The maximum absolute atomic E-state index is 12.7. The Morgan fingerprint density at radius 2 is 1.52 bits per heavy atom. The number of furan rings is 1. The van der Waals surface area contributed by atoms with Crippen molar-refractivity contribution in [3.8, 4) is 11.3 Å². The summed E-state index contributed by atoms with van der Waals surface area (Å²) >= 11 is 24.7. The number of halogens is 4. The third-order valence-corrected chi connectivity index (χ3v) is 6.41. The molecule has 29 heavy (non-hydrogen) atoms. The molecule has 9 heteroatoms. The highest BCUT2D eigenvalue weighted by atomic mass is 35.5. The molecule has 146 valence electrons. The Morgan fingerprint density at radius 1 is 0.828 bits per heavy atom. The highest BCUT2D eigenvalue weighted by molar-refractivity contribution is 8.19. The molecule has 0 radical (unpaired) electrons. The van der Waals surface area contributed by atoms with Gasteiger partial charge in [-0.3, -0.25) is 9.59 Å². The Morgan fingerprint density at radius 3 is 2.21 bits per heavy atom. The molecule has 1 aliphatic rings. The number of hydrogen-bond acceptors (Lipinski definition) is 4. The second-order valence-corrected chi connectivity index (χ2v) is 8.57. The van der Waals surface area contributed by atoms with E-state index in [4.69, 9.17) is 50.8 Å². The second-order valence-electron chi connectivity index (χ2n) is 5.95. The highest BCUT2D eigenvalue weighted by Crippen LogP contribution is 2.38. The van der Waals surface area contributed by atoms with Crippen molar-refractivity contribution in [3.63, 3.8) is 0 Å². The van der Waals surface area contributed by atoms with Gasteiger partial charge in [0.15, 0.2) is 0 Å². The largest absolute Gasteiger partial charge is 0.457 e. The number of hydrogen-bond donors (Lipinski definition) is 0. The van der Waals surface area contributed by atoms with E-state index in [9.17, 15) is 9.59 Å². The van der Waals surface area contributed by atoms with Gasteiger partial charge in [0.05, 0.1) is 30.7 Å². The smallest absolute Gasteiger partial charge is 0.298 e. The molecule has 0 atom stereocenters. The van der Waals surface area contributed by atoms with Crippen LogP contribution in [0.1, 0.15) is 5.76 Å². The molecule has 4 nitrogen and oxygen atoms in total. The molecular formula is C20H9Cl4NO3S. The quantitative estimate of drug-likeness (QED) is 0.356. The maximum Gasteiger partial charge on any atom is 0.298 e. The van der Waals surface area contributed by atoms with Gasteiger partial charge in [0.25, 0.3) is 11.1 Å². The van der Waals surface area contributed by atoms with Crippen LogP contribution in [0.2, 0.25) is 20.1 Å². The minimum atomic E-state index is -0.467. The molecule has 1 aliphatic heterocycles. The first-order chi connectivity index (χ1) is 13.8. The number of carbonyl (C=O) groups is 2. The van der Waals surface area contributed by atoms with Crippen molar-refractivity contribution in [1.82, 2.24) is 0 Å². The molecular weight excluding hydrogens is 476 g/mol. The molecule has 3 aromatic rings. The molecule has 0 bridgehead atoms. The molecule has 1 fully saturated rings. The summed E-state index contributed by atoms with van der Waals surface area (Å²) in [6.45, 7) is 0. The Labute approximate surface area is 190 Å². The van der Waals surface area contributed by atoms with Crippen molar-refractivity contribution in [2.45, 2.75) is 0 Å². The zero-order valence-electron chi connectivity index (χ0n) is 14.3. The number of thioether (sulfide) groups is 1. The summed E-state index contributed by atoms with van der Waals surface area (Å²) in [6.07, 6.45) is 1.52. The lowest BCUT2D eigenvalue weighted by atomic mass is 10.2. The number of anilines is 1. The highest BCUT2D eigenvalue weighted by Gasteiger charge is 2.36. The molecule has 2 aromatic carbocycles. The van der Waals surface area contributed by atoms with E-state index in [1.807, 2.05) is 0 Å². The summed E-state index contributed by atoms with van der Waals surface area (Å²) in [6, 6.07) is 13.1. The van der Waals surface area contributed by atoms with Crippen LogP contribution < -0.4 is 4.90 Å². The van der Waals surface area contributed by atoms with Crippen LogP contribution in [0.3, 0.4) is 0 Å². The van der Waals surface area contributed by atoms with E-state index >= 15 is 0 Å². The fraction of sp³-hybridized carbons (Fsp3) is 0. The molecule has 0 aliphatic carbocycles. The second kappa shape index (κ2) is 8.09. The monoisotopic (exact) mass is 483 g/mol. The van der Waals surface area contributed by atoms with Gasteiger partial charge in [-0.15, -0.1) is 0 Å². The van der Waals surface area contributed by atoms with Crippen molar-refractivity contribution in [1.29, 1.82) is 0 Å². The Balaban J connectivity index is 1.61. The van der Waals surface area contributed by atoms with E-state index in [0.29, 0.717) is 32.3 Å². The minimum absolute atomic E-state index is 0.233. The van der Waals surface area contributed by atoms with Crippen molar-refractivity contribution in [2.24, 2.45) is 0 Å². The Bertz CT molecular complexity index is 1190. The van der Waals surface area contributed by atoms with Crippen LogP contribution in [0.5, 0.6) is 0 Å². The Kier molecular flexibility index (Phi) is 5.69. The predicted molar refractivity (Wildman–Crippen MR) is 119 cm³/mol. The van der Waals surface area contributed by atoms with Crippen molar-refractivity contribution in [3.05, 3.63) is 79.3 Å². The summed E-state index contributed by atoms with van der Waals surface area (Å²) in [5, 5.41) is 1.01. The van der Waals surface area contributed by atoms with Crippen LogP contribution in [0.25, 0.3) is 17.4 Å². The first-order valence-electron chi connectivity index (χ1n) is 8.12. The van der Waals surface area contributed by atoms with Crippen LogP contribution >= 0.6 is 58.2 Å². The van der Waals surface area contributed by atoms with E-state index in [1.165, 1.54) is 18.2 Å². The molecule has 1 aromatic heterocycles. The van der Waals surface area contributed by atoms with Crippen molar-refractivity contribution < 1.29 is 14.0 Å². The topological polar surface area (TPSA) is 50.5 Å². The molecule has 1 saturated heterocycles. The predicted octanol–water partition coefficient (Wildman–Crippen LogP) is 7.80. The van der Waals surface area contributed by atoms with E-state index < -0.39 is 11.1 Å². The summed E-state index contributed by atoms with van der Waals surface area (Å²) in [7, 11) is 0. The van der Waals surface area contributed by atoms with Gasteiger partial charge in [0, 0.05) is 11.6 Å². The molecule has 0 N–H and O–H groups in total. The van der Waals surface area contributed by atoms with Gasteiger partial charge in [-0.25, -0.2) is 4.90 Å². The lowest BCUT2D eigenvalue weighted by Crippen LogP contribution is -2.27. The van der Waals surface area contributed by atoms with Gasteiger partial charge < -0.3 is 4.42 Å². The zero-order chi connectivity index (χ0) is 20.7. The number of nitrogens with zero attached hydrogens (tertiary/aromatic N) is 1. The molecule has 0 spiro atoms. The minimum Gasteiger partial charge on any atom is -0.457 e. The van der Waals surface area contributed by atoms with Gasteiger partial charge in [-0.1, -0.05) is 46.4 Å². The Hall–Kier alpha value is -1.89. The summed E-state index contributed by atoms with van der Waals surface area (Å²) in [4.78, 5) is 26.4. The summed E-state index contributed by atoms with van der Waals surface area (Å²) in [5.41, 5.74) is 1.09. The van der Waals surface area contributed by atoms with Gasteiger partial charge in [0.2, 0.25) is 0 Å². The maximum atomic E-state index is 12.7. The summed E-state index contributed by atoms with van der Waals surface area (Å²) in [5.74, 6) is 0.509. The fourth-order valence-corrected chi connectivity index (χ4v) is 4.09. The normalized spacial score (nSPS) is 15.6. The third kappa shape index (κ3) is 4.06. The molecule has 0 unspecified atom stereocenters. The van der Waals surface area contributed by atoms with E-state index in [2.05, 4.69) is 0 Å². The number of rotatable bonds is 3. The van der Waals surface area contributed by atoms with Crippen LogP contribution in [0.4, 0.5) is 10.5 Å². The molecule has 4 rings (SSSR count). The van der Waals surface area contributed by atoms with E-state index in [0.717, 1.165) is 22.2 Å². The van der Waals surface area contributed by atoms with Crippen LogP contribution in [0, 0.1) is 0 Å². The van der Waals surface area contributed by atoms with E-state index in [1.54, 1.807) is 36.4 Å². The van der Waals surface area contributed by atoms with E-state index in [-0.39, 0.29) is 9.93 Å². The van der Waals surface area contributed by atoms with Crippen LogP contribution in [0.15, 0.2) is 57.9 Å². The van der Waals surface area contributed by atoms with Crippen molar-refractivity contribution >= 4 is 81.1 Å². The molecule has 2 amide bonds. The first kappa shape index (κ1) is 20.4. The van der Waals surface area contributed by atoms with Gasteiger partial charge in [0.1, 0.15) is 11.5 Å². The molecule has 2 heterocycles. The zero-order valence-corrected chi connectivity index (χ0v) is 18.1. The van der Waals surface area contributed by atoms with Crippen LogP contribution in [-0.2, 0) is 4.79 Å². The van der Waals surface area contributed by atoms with Crippen molar-refractivity contribution in [2.75, 3.05) is 4.90 Å². The van der Waals surface area contributed by atoms with Gasteiger partial charge in [-0.05, 0) is 60.3 Å². The number of carbonyl (C=O) groups excluding carboxylic acids is 2. The summed E-state index contributed by atoms with van der Waals surface area (Å²) < 4.78 is 5.77. The average molecular weight is 485 g/mol.